The van der Waals surface area contributed by atoms with Crippen LogP contribution in [0.15, 0.2) is 47.1 Å². The zero-order valence-electron chi connectivity index (χ0n) is 18.8. The van der Waals surface area contributed by atoms with E-state index in [-0.39, 0.29) is 24.2 Å². The number of carboxylic acids is 1. The Morgan fingerprint density at radius 1 is 1.26 bits per heavy atom. The highest BCUT2D eigenvalue weighted by Gasteiger charge is 2.27. The Balaban J connectivity index is 1.46. The molecular formula is C23H24N4O7. The number of nitrogens with one attached hydrogen (secondary N) is 1. The summed E-state index contributed by atoms with van der Waals surface area (Å²) in [7, 11) is 0. The third kappa shape index (κ3) is 5.61. The monoisotopic (exact) mass is 468 g/mol. The van der Waals surface area contributed by atoms with E-state index in [0.717, 1.165) is 5.56 Å². The molecular weight excluding hydrogens is 444 g/mol. The van der Waals surface area contributed by atoms with Crippen LogP contribution in [0.5, 0.6) is 11.6 Å². The van der Waals surface area contributed by atoms with E-state index in [4.69, 9.17) is 18.7 Å². The Hall–Kier alpha value is -4.15. The maximum Gasteiger partial charge on any atom is 0.408 e. The van der Waals surface area contributed by atoms with Crippen LogP contribution in [-0.2, 0) is 16.0 Å². The van der Waals surface area contributed by atoms with Crippen molar-refractivity contribution >= 4 is 12.1 Å². The lowest BCUT2D eigenvalue weighted by Crippen LogP contribution is -2.44. The fraction of sp³-hybridized carbons (Fsp3) is 0.348. The maximum absolute atomic E-state index is 12.0. The highest BCUT2D eigenvalue weighted by Crippen LogP contribution is 2.34. The molecule has 0 saturated carbocycles. The number of fused-ring (bicyclic) bond motifs is 1. The van der Waals surface area contributed by atoms with Crippen LogP contribution in [0.25, 0.3) is 11.4 Å². The molecule has 0 bridgehead atoms. The molecule has 0 fully saturated rings. The van der Waals surface area contributed by atoms with E-state index in [9.17, 15) is 14.7 Å². The van der Waals surface area contributed by atoms with Gasteiger partial charge in [0.2, 0.25) is 11.7 Å². The molecule has 3 aromatic rings. The summed E-state index contributed by atoms with van der Waals surface area (Å²) < 4.78 is 22.0. The second-order valence-corrected chi connectivity index (χ2v) is 8.60. The number of ether oxygens (including phenoxy) is 3. The number of aromatic nitrogens is 3. The van der Waals surface area contributed by atoms with Crippen molar-refractivity contribution in [1.29, 1.82) is 0 Å². The number of nitrogens with zero attached hydrogens (tertiary/aromatic N) is 3. The summed E-state index contributed by atoms with van der Waals surface area (Å²) in [4.78, 5) is 32.0. The minimum Gasteiger partial charge on any atom is -0.484 e. The Morgan fingerprint density at radius 2 is 2.09 bits per heavy atom. The van der Waals surface area contributed by atoms with Gasteiger partial charge in [0, 0.05) is 11.8 Å². The van der Waals surface area contributed by atoms with Gasteiger partial charge in [0.25, 0.3) is 5.88 Å². The van der Waals surface area contributed by atoms with Gasteiger partial charge in [-0.25, -0.2) is 14.6 Å². The molecule has 11 heteroatoms. The van der Waals surface area contributed by atoms with Crippen molar-refractivity contribution in [3.63, 3.8) is 0 Å². The number of carbonyl (C=O) groups is 2. The highest BCUT2D eigenvalue weighted by molar-refractivity contribution is 5.80. The standard InChI is InChI=1S/C23H24N4O7/c1-23(2,3)33-22(30)25-15(21(28)29)11-18-26-19(27-34-18)14-7-4-6-13(10-14)17-12-31-16-8-5-9-24-20(16)32-17/h4-10,15,17H,11-12H2,1-3H3,(H,25,30)(H,28,29)/t15?,17-/m0/s1. The Labute approximate surface area is 195 Å². The fourth-order valence-corrected chi connectivity index (χ4v) is 3.23. The van der Waals surface area contributed by atoms with Crippen molar-refractivity contribution in [2.24, 2.45) is 0 Å². The number of carbonyl (C=O) groups excluding carboxylic acids is 1. The second-order valence-electron chi connectivity index (χ2n) is 8.60. The van der Waals surface area contributed by atoms with Crippen LogP contribution in [0.2, 0.25) is 0 Å². The van der Waals surface area contributed by atoms with Gasteiger partial charge >= 0.3 is 12.1 Å². The van der Waals surface area contributed by atoms with E-state index in [0.29, 0.717) is 23.8 Å². The van der Waals surface area contributed by atoms with Crippen LogP contribution in [0.4, 0.5) is 4.79 Å². The Morgan fingerprint density at radius 3 is 2.85 bits per heavy atom. The summed E-state index contributed by atoms with van der Waals surface area (Å²) in [5.74, 6) is 0.0811. The van der Waals surface area contributed by atoms with Crippen LogP contribution in [0.1, 0.15) is 38.3 Å². The van der Waals surface area contributed by atoms with Crippen LogP contribution in [-0.4, -0.2) is 50.5 Å². The molecule has 34 heavy (non-hydrogen) atoms. The molecule has 1 unspecified atom stereocenters. The van der Waals surface area contributed by atoms with Crippen molar-refractivity contribution in [2.45, 2.75) is 44.9 Å². The lowest BCUT2D eigenvalue weighted by atomic mass is 10.1. The zero-order chi connectivity index (χ0) is 24.3. The molecule has 2 atom stereocenters. The number of rotatable bonds is 6. The van der Waals surface area contributed by atoms with Gasteiger partial charge in [0.1, 0.15) is 18.2 Å². The lowest BCUT2D eigenvalue weighted by molar-refractivity contribution is -0.139. The average Bonchev–Trinajstić information content (AvgIpc) is 3.26. The largest absolute Gasteiger partial charge is 0.484 e. The van der Waals surface area contributed by atoms with Gasteiger partial charge in [0.15, 0.2) is 11.9 Å². The molecule has 1 aliphatic heterocycles. The van der Waals surface area contributed by atoms with Crippen molar-refractivity contribution in [1.82, 2.24) is 20.4 Å². The maximum atomic E-state index is 12.0. The number of carboxylic acid groups (broad SMARTS) is 1. The summed E-state index contributed by atoms with van der Waals surface area (Å²) in [6.07, 6.45) is 0.203. The summed E-state index contributed by atoms with van der Waals surface area (Å²) in [6.45, 7) is 5.36. The molecule has 178 valence electrons. The number of benzene rings is 1. The number of hydrogen-bond acceptors (Lipinski definition) is 9. The number of hydrogen-bond donors (Lipinski definition) is 2. The van der Waals surface area contributed by atoms with Crippen LogP contribution in [0, 0.1) is 0 Å². The second kappa shape index (κ2) is 9.38. The first-order chi connectivity index (χ1) is 16.2. The van der Waals surface area contributed by atoms with E-state index in [1.54, 1.807) is 45.2 Å². The van der Waals surface area contributed by atoms with E-state index in [1.165, 1.54) is 0 Å². The highest BCUT2D eigenvalue weighted by atomic mass is 16.6. The molecule has 0 saturated heterocycles. The minimum absolute atomic E-state index is 0.0549. The van der Waals surface area contributed by atoms with Crippen molar-refractivity contribution in [3.8, 4) is 23.0 Å². The summed E-state index contributed by atoms with van der Waals surface area (Å²) in [5, 5.41) is 15.7. The van der Waals surface area contributed by atoms with Crippen molar-refractivity contribution < 1.29 is 33.4 Å². The third-order valence-corrected chi connectivity index (χ3v) is 4.73. The summed E-state index contributed by atoms with van der Waals surface area (Å²) in [6, 6.07) is 9.60. The summed E-state index contributed by atoms with van der Waals surface area (Å²) in [5.41, 5.74) is 0.714. The quantitative estimate of drug-likeness (QED) is 0.553. The molecule has 1 aromatic carbocycles. The molecule has 3 heterocycles. The van der Waals surface area contributed by atoms with Crippen molar-refractivity contribution in [3.05, 3.63) is 54.0 Å². The van der Waals surface area contributed by atoms with Crippen LogP contribution in [0.3, 0.4) is 0 Å². The molecule has 11 nitrogen and oxygen atoms in total. The van der Waals surface area contributed by atoms with Gasteiger partial charge in [-0.1, -0.05) is 23.4 Å². The molecule has 0 aliphatic carbocycles. The van der Waals surface area contributed by atoms with E-state index in [2.05, 4.69) is 20.4 Å². The normalized spacial score (nSPS) is 15.9. The van der Waals surface area contributed by atoms with E-state index in [1.807, 2.05) is 18.2 Å². The molecule has 1 amide bonds. The van der Waals surface area contributed by atoms with Gasteiger partial charge in [-0.05, 0) is 44.5 Å². The number of amides is 1. The number of pyridine rings is 1. The summed E-state index contributed by atoms with van der Waals surface area (Å²) >= 11 is 0. The number of aliphatic carboxylic acids is 1. The topological polar surface area (TPSA) is 146 Å². The molecule has 0 spiro atoms. The predicted octanol–water partition coefficient (Wildman–Crippen LogP) is 3.16. The first-order valence-electron chi connectivity index (χ1n) is 10.6. The fourth-order valence-electron chi connectivity index (χ4n) is 3.23. The zero-order valence-corrected chi connectivity index (χ0v) is 18.8. The van der Waals surface area contributed by atoms with Gasteiger partial charge < -0.3 is 29.2 Å². The number of alkyl carbamates (subject to hydrolysis) is 1. The van der Waals surface area contributed by atoms with Gasteiger partial charge in [-0.3, -0.25) is 0 Å². The third-order valence-electron chi connectivity index (χ3n) is 4.73. The van der Waals surface area contributed by atoms with Gasteiger partial charge in [-0.2, -0.15) is 4.98 Å². The molecule has 2 aromatic heterocycles. The minimum atomic E-state index is -1.30. The Bertz CT molecular complexity index is 1190. The smallest absolute Gasteiger partial charge is 0.408 e. The van der Waals surface area contributed by atoms with Gasteiger partial charge in [0.05, 0.1) is 6.42 Å². The molecule has 4 rings (SSSR count). The van der Waals surface area contributed by atoms with Crippen LogP contribution >= 0.6 is 0 Å². The first-order valence-corrected chi connectivity index (χ1v) is 10.6. The Kier molecular flexibility index (Phi) is 6.35. The van der Waals surface area contributed by atoms with Crippen LogP contribution < -0.4 is 14.8 Å². The predicted molar refractivity (Wildman–Crippen MR) is 117 cm³/mol. The molecule has 1 aliphatic rings. The SMILES string of the molecule is CC(C)(C)OC(=O)NC(Cc1nc(-c2cccc([C@@H]3COc4cccnc4O3)c2)no1)C(=O)O. The van der Waals surface area contributed by atoms with Gasteiger partial charge in [-0.15, -0.1) is 0 Å². The van der Waals surface area contributed by atoms with Crippen molar-refractivity contribution in [2.75, 3.05) is 6.61 Å². The van der Waals surface area contributed by atoms with E-state index >= 15 is 0 Å². The first kappa shape index (κ1) is 23.0. The van der Waals surface area contributed by atoms with E-state index < -0.39 is 23.7 Å². The molecule has 0 radical (unpaired) electrons. The average molecular weight is 468 g/mol. The lowest BCUT2D eigenvalue weighted by Gasteiger charge is -2.25. The molecule has 2 N–H and O–H groups in total.